The molecule has 1 aliphatic rings. The van der Waals surface area contributed by atoms with Crippen molar-refractivity contribution in [1.82, 2.24) is 0 Å². The predicted molar refractivity (Wildman–Crippen MR) is 78.4 cm³/mol. The van der Waals surface area contributed by atoms with Gasteiger partial charge in [-0.1, -0.05) is 19.8 Å². The van der Waals surface area contributed by atoms with Gasteiger partial charge in [-0.05, 0) is 37.1 Å². The Hall–Kier alpha value is -2.30. The van der Waals surface area contributed by atoms with Crippen molar-refractivity contribution in [3.8, 4) is 0 Å². The van der Waals surface area contributed by atoms with Crippen molar-refractivity contribution in [2.75, 3.05) is 5.32 Å². The zero-order valence-corrected chi connectivity index (χ0v) is 11.8. The monoisotopic (exact) mass is 287 g/mol. The Balaban J connectivity index is 1.84. The van der Waals surface area contributed by atoms with E-state index in [4.69, 9.17) is 9.52 Å². The van der Waals surface area contributed by atoms with Crippen LogP contribution in [-0.2, 0) is 4.79 Å². The number of hydrogen-bond donors (Lipinski definition) is 2. The fourth-order valence-corrected chi connectivity index (χ4v) is 2.89. The number of rotatable bonds is 3. The topological polar surface area (TPSA) is 79.5 Å². The molecule has 0 atom stereocenters. The maximum absolute atomic E-state index is 12.4. The van der Waals surface area contributed by atoms with Crippen LogP contribution in [0.15, 0.2) is 28.7 Å². The van der Waals surface area contributed by atoms with Gasteiger partial charge >= 0.3 is 5.97 Å². The first kappa shape index (κ1) is 13.7. The Morgan fingerprint density at radius 2 is 1.95 bits per heavy atom. The summed E-state index contributed by atoms with van der Waals surface area (Å²) in [7, 11) is 0. The normalized spacial score (nSPS) is 17.0. The van der Waals surface area contributed by atoms with Crippen LogP contribution in [0.1, 0.15) is 43.2 Å². The minimum atomic E-state index is -1.10. The second-order valence-corrected chi connectivity index (χ2v) is 5.89. The van der Waals surface area contributed by atoms with Crippen LogP contribution < -0.4 is 5.32 Å². The first-order valence-corrected chi connectivity index (χ1v) is 7.06. The van der Waals surface area contributed by atoms with E-state index in [1.807, 2.05) is 6.92 Å². The van der Waals surface area contributed by atoms with E-state index in [2.05, 4.69) is 5.32 Å². The molecule has 0 bridgehead atoms. The highest BCUT2D eigenvalue weighted by molar-refractivity contribution is 5.98. The largest absolute Gasteiger partial charge is 0.475 e. The smallest absolute Gasteiger partial charge is 0.371 e. The molecule has 0 spiro atoms. The van der Waals surface area contributed by atoms with E-state index in [-0.39, 0.29) is 17.1 Å². The van der Waals surface area contributed by atoms with Crippen LogP contribution in [0.25, 0.3) is 11.0 Å². The summed E-state index contributed by atoms with van der Waals surface area (Å²) in [6, 6.07) is 6.61. The number of hydrogen-bond acceptors (Lipinski definition) is 3. The average Bonchev–Trinajstić information content (AvgIpc) is 3.05. The van der Waals surface area contributed by atoms with Crippen molar-refractivity contribution < 1.29 is 19.1 Å². The molecule has 0 radical (unpaired) electrons. The number of benzene rings is 1. The number of aromatic carboxylic acids is 1. The molecular formula is C16H17NO4. The maximum atomic E-state index is 12.4. The number of carboxylic acid groups (broad SMARTS) is 1. The highest BCUT2D eigenvalue weighted by Gasteiger charge is 2.36. The van der Waals surface area contributed by atoms with Gasteiger partial charge in [-0.15, -0.1) is 0 Å². The quantitative estimate of drug-likeness (QED) is 0.903. The van der Waals surface area contributed by atoms with Crippen LogP contribution in [0.4, 0.5) is 5.69 Å². The Bertz CT molecular complexity index is 710. The van der Waals surface area contributed by atoms with Gasteiger partial charge in [0.15, 0.2) is 0 Å². The van der Waals surface area contributed by atoms with Gasteiger partial charge in [-0.3, -0.25) is 4.79 Å². The SMILES string of the molecule is CC1(C(=O)Nc2ccc3oc(C(=O)O)cc3c2)CCCC1. The molecule has 1 fully saturated rings. The molecule has 1 heterocycles. The summed E-state index contributed by atoms with van der Waals surface area (Å²) in [5.74, 6) is -1.17. The van der Waals surface area contributed by atoms with Crippen molar-refractivity contribution in [2.45, 2.75) is 32.6 Å². The third-order valence-electron chi connectivity index (χ3n) is 4.24. The lowest BCUT2D eigenvalue weighted by atomic mass is 9.88. The average molecular weight is 287 g/mol. The number of carbonyl (C=O) groups excluding carboxylic acids is 1. The number of anilines is 1. The highest BCUT2D eigenvalue weighted by Crippen LogP contribution is 2.38. The van der Waals surface area contributed by atoms with Crippen LogP contribution in [0.2, 0.25) is 0 Å². The second kappa shape index (κ2) is 4.91. The van der Waals surface area contributed by atoms with Gasteiger partial charge in [0.1, 0.15) is 5.58 Å². The van der Waals surface area contributed by atoms with E-state index >= 15 is 0 Å². The van der Waals surface area contributed by atoms with Crippen LogP contribution in [0, 0.1) is 5.41 Å². The van der Waals surface area contributed by atoms with Crippen LogP contribution >= 0.6 is 0 Å². The van der Waals surface area contributed by atoms with Gasteiger partial charge < -0.3 is 14.8 Å². The van der Waals surface area contributed by atoms with E-state index in [0.717, 1.165) is 25.7 Å². The number of nitrogens with one attached hydrogen (secondary N) is 1. The Morgan fingerprint density at radius 1 is 1.24 bits per heavy atom. The van der Waals surface area contributed by atoms with E-state index < -0.39 is 5.97 Å². The molecule has 2 N–H and O–H groups in total. The van der Waals surface area contributed by atoms with E-state index in [0.29, 0.717) is 16.7 Å². The molecule has 5 nitrogen and oxygen atoms in total. The van der Waals surface area contributed by atoms with Crippen LogP contribution in [0.5, 0.6) is 0 Å². The third kappa shape index (κ3) is 2.51. The van der Waals surface area contributed by atoms with Crippen molar-refractivity contribution >= 4 is 28.5 Å². The molecule has 1 amide bonds. The maximum Gasteiger partial charge on any atom is 0.371 e. The first-order valence-electron chi connectivity index (χ1n) is 7.06. The Labute approximate surface area is 121 Å². The minimum absolute atomic E-state index is 0.0290. The van der Waals surface area contributed by atoms with Crippen molar-refractivity contribution in [3.63, 3.8) is 0 Å². The zero-order chi connectivity index (χ0) is 15.0. The molecule has 0 unspecified atom stereocenters. The molecule has 5 heteroatoms. The molecule has 1 aromatic heterocycles. The predicted octanol–water partition coefficient (Wildman–Crippen LogP) is 3.65. The second-order valence-electron chi connectivity index (χ2n) is 5.89. The first-order chi connectivity index (χ1) is 9.98. The summed E-state index contributed by atoms with van der Waals surface area (Å²) >= 11 is 0. The number of carboxylic acids is 1. The van der Waals surface area contributed by atoms with Crippen molar-refractivity contribution in [2.24, 2.45) is 5.41 Å². The van der Waals surface area contributed by atoms with Crippen molar-refractivity contribution in [3.05, 3.63) is 30.0 Å². The fourth-order valence-electron chi connectivity index (χ4n) is 2.89. The van der Waals surface area contributed by atoms with Gasteiger partial charge in [0.05, 0.1) is 0 Å². The van der Waals surface area contributed by atoms with E-state index in [1.54, 1.807) is 18.2 Å². The summed E-state index contributed by atoms with van der Waals surface area (Å²) in [4.78, 5) is 23.2. The molecular weight excluding hydrogens is 270 g/mol. The summed E-state index contributed by atoms with van der Waals surface area (Å²) in [6.45, 7) is 1.99. The summed E-state index contributed by atoms with van der Waals surface area (Å²) in [5.41, 5.74) is 0.869. The lowest BCUT2D eigenvalue weighted by Gasteiger charge is -2.22. The van der Waals surface area contributed by atoms with Gasteiger partial charge in [-0.25, -0.2) is 4.79 Å². The van der Waals surface area contributed by atoms with Crippen LogP contribution in [-0.4, -0.2) is 17.0 Å². The summed E-state index contributed by atoms with van der Waals surface area (Å²) < 4.78 is 5.20. The van der Waals surface area contributed by atoms with E-state index in [9.17, 15) is 9.59 Å². The van der Waals surface area contributed by atoms with Crippen molar-refractivity contribution in [1.29, 1.82) is 0 Å². The molecule has 1 saturated carbocycles. The van der Waals surface area contributed by atoms with Crippen LogP contribution in [0.3, 0.4) is 0 Å². The molecule has 21 heavy (non-hydrogen) atoms. The molecule has 1 aliphatic carbocycles. The summed E-state index contributed by atoms with van der Waals surface area (Å²) in [6.07, 6.45) is 4.01. The van der Waals surface area contributed by atoms with E-state index in [1.165, 1.54) is 6.07 Å². The number of furan rings is 1. The Morgan fingerprint density at radius 3 is 2.62 bits per heavy atom. The number of carbonyl (C=O) groups is 2. The zero-order valence-electron chi connectivity index (χ0n) is 11.8. The molecule has 0 aliphatic heterocycles. The van der Waals surface area contributed by atoms with Gasteiger partial charge in [-0.2, -0.15) is 0 Å². The number of fused-ring (bicyclic) bond motifs is 1. The summed E-state index contributed by atoms with van der Waals surface area (Å²) in [5, 5.41) is 12.5. The minimum Gasteiger partial charge on any atom is -0.475 e. The van der Waals surface area contributed by atoms with Gasteiger partial charge in [0, 0.05) is 16.5 Å². The highest BCUT2D eigenvalue weighted by atomic mass is 16.4. The van der Waals surface area contributed by atoms with Gasteiger partial charge in [0.2, 0.25) is 11.7 Å². The molecule has 110 valence electrons. The Kier molecular flexibility index (Phi) is 3.20. The lowest BCUT2D eigenvalue weighted by molar-refractivity contribution is -0.124. The standard InChI is InChI=1S/C16H17NO4/c1-16(6-2-3-7-16)15(20)17-11-4-5-12-10(8-11)9-13(21-12)14(18)19/h4-5,8-9H,2-3,6-7H2,1H3,(H,17,20)(H,18,19). The molecule has 3 rings (SSSR count). The third-order valence-corrected chi connectivity index (χ3v) is 4.24. The molecule has 1 aromatic carbocycles. The fraction of sp³-hybridized carbons (Fsp3) is 0.375. The molecule has 0 saturated heterocycles. The van der Waals surface area contributed by atoms with Gasteiger partial charge in [0.25, 0.3) is 0 Å². The lowest BCUT2D eigenvalue weighted by Crippen LogP contribution is -2.30. The number of amides is 1. The molecule has 2 aromatic rings.